The predicted molar refractivity (Wildman–Crippen MR) is 51.3 cm³/mol. The molecule has 1 aliphatic carbocycles. The van der Waals surface area contributed by atoms with Crippen LogP contribution in [0.2, 0.25) is 0 Å². The molecule has 0 aromatic carbocycles. The Labute approximate surface area is 86.9 Å². The fourth-order valence-electron chi connectivity index (χ4n) is 1.88. The fourth-order valence-corrected chi connectivity index (χ4v) is 1.88. The van der Waals surface area contributed by atoms with Crippen LogP contribution in [0.1, 0.15) is 19.3 Å². The first-order chi connectivity index (χ1) is 6.89. The van der Waals surface area contributed by atoms with Crippen molar-refractivity contribution in [3.63, 3.8) is 0 Å². The van der Waals surface area contributed by atoms with Crippen molar-refractivity contribution in [1.82, 2.24) is 4.90 Å². The van der Waals surface area contributed by atoms with Gasteiger partial charge in [0.1, 0.15) is 0 Å². The Morgan fingerprint density at radius 3 is 2.47 bits per heavy atom. The molecule has 1 heterocycles. The van der Waals surface area contributed by atoms with Gasteiger partial charge >= 0.3 is 6.18 Å². The lowest BCUT2D eigenvalue weighted by atomic mass is 10.1. The average molecular weight is 220 g/mol. The summed E-state index contributed by atoms with van der Waals surface area (Å²) in [6.45, 7) is 1.59. The molecule has 0 atom stereocenters. The first-order valence-electron chi connectivity index (χ1n) is 5.17. The van der Waals surface area contributed by atoms with Gasteiger partial charge in [0, 0.05) is 30.7 Å². The van der Waals surface area contributed by atoms with Gasteiger partial charge in [-0.15, -0.1) is 0 Å². The van der Waals surface area contributed by atoms with Gasteiger partial charge in [-0.3, -0.25) is 4.90 Å². The van der Waals surface area contributed by atoms with E-state index in [1.54, 1.807) is 0 Å². The molecule has 2 N–H and O–H groups in total. The van der Waals surface area contributed by atoms with Gasteiger partial charge in [0.15, 0.2) is 0 Å². The van der Waals surface area contributed by atoms with E-state index in [4.69, 9.17) is 5.73 Å². The van der Waals surface area contributed by atoms with E-state index < -0.39 is 6.18 Å². The normalized spacial score (nSPS) is 26.3. The van der Waals surface area contributed by atoms with Crippen LogP contribution in [-0.2, 0) is 0 Å². The highest BCUT2D eigenvalue weighted by atomic mass is 19.4. The minimum absolute atomic E-state index is 0.0968. The molecule has 0 radical (unpaired) electrons. The Morgan fingerprint density at radius 1 is 1.40 bits per heavy atom. The van der Waals surface area contributed by atoms with E-state index in [0.29, 0.717) is 13.1 Å². The van der Waals surface area contributed by atoms with Gasteiger partial charge in [0.25, 0.3) is 0 Å². The number of hydrogen-bond acceptors (Lipinski definition) is 2. The van der Waals surface area contributed by atoms with Gasteiger partial charge in [-0.2, -0.15) is 13.2 Å². The molecule has 0 aromatic heterocycles. The second-order valence-corrected chi connectivity index (χ2v) is 4.57. The summed E-state index contributed by atoms with van der Waals surface area (Å²) in [6, 6.07) is 0. The van der Waals surface area contributed by atoms with Crippen LogP contribution in [0.4, 0.5) is 13.2 Å². The summed E-state index contributed by atoms with van der Waals surface area (Å²) in [5.74, 6) is 0. The van der Waals surface area contributed by atoms with Crippen LogP contribution < -0.4 is 5.73 Å². The monoisotopic (exact) mass is 220 g/mol. The Morgan fingerprint density at radius 2 is 2.07 bits per heavy atom. The van der Waals surface area contributed by atoms with E-state index in [2.05, 4.69) is 0 Å². The smallest absolute Gasteiger partial charge is 0.324 e. The van der Waals surface area contributed by atoms with Crippen molar-refractivity contribution in [2.75, 3.05) is 19.6 Å². The second-order valence-electron chi connectivity index (χ2n) is 4.57. The number of hydrogen-bond donors (Lipinski definition) is 1. The molecule has 1 fully saturated rings. The SMILES string of the molecule is NC1(CN2CC=C(C(F)(F)F)CC2)CC1. The van der Waals surface area contributed by atoms with Crippen molar-refractivity contribution in [2.24, 2.45) is 5.73 Å². The van der Waals surface area contributed by atoms with Crippen molar-refractivity contribution < 1.29 is 13.2 Å². The lowest BCUT2D eigenvalue weighted by Crippen LogP contribution is -2.42. The molecule has 1 aliphatic heterocycles. The van der Waals surface area contributed by atoms with Crippen LogP contribution in [0.25, 0.3) is 0 Å². The fraction of sp³-hybridized carbons (Fsp3) is 0.800. The van der Waals surface area contributed by atoms with Crippen LogP contribution in [0.5, 0.6) is 0 Å². The molecule has 15 heavy (non-hydrogen) atoms. The summed E-state index contributed by atoms with van der Waals surface area (Å²) >= 11 is 0. The number of nitrogens with zero attached hydrogens (tertiary/aromatic N) is 1. The van der Waals surface area contributed by atoms with E-state index in [1.165, 1.54) is 6.08 Å². The molecule has 0 saturated heterocycles. The average Bonchev–Trinajstić information content (AvgIpc) is 2.82. The van der Waals surface area contributed by atoms with Crippen molar-refractivity contribution in [3.8, 4) is 0 Å². The predicted octanol–water partition coefficient (Wildman–Crippen LogP) is 1.67. The summed E-state index contributed by atoms with van der Waals surface area (Å²) in [7, 11) is 0. The molecule has 0 spiro atoms. The van der Waals surface area contributed by atoms with Gasteiger partial charge in [-0.1, -0.05) is 6.08 Å². The highest BCUT2D eigenvalue weighted by molar-refractivity contribution is 5.14. The maximum Gasteiger partial charge on any atom is 0.412 e. The third-order valence-corrected chi connectivity index (χ3v) is 3.09. The number of nitrogens with two attached hydrogens (primary N) is 1. The first kappa shape index (κ1) is 11.0. The largest absolute Gasteiger partial charge is 0.412 e. The molecule has 2 nitrogen and oxygen atoms in total. The summed E-state index contributed by atoms with van der Waals surface area (Å²) in [5.41, 5.74) is 5.42. The Hall–Kier alpha value is -0.550. The lowest BCUT2D eigenvalue weighted by Gasteiger charge is -2.29. The maximum absolute atomic E-state index is 12.3. The van der Waals surface area contributed by atoms with Crippen molar-refractivity contribution in [2.45, 2.75) is 31.0 Å². The second kappa shape index (κ2) is 3.49. The Balaban J connectivity index is 1.88. The van der Waals surface area contributed by atoms with Crippen LogP contribution in [0.3, 0.4) is 0 Å². The number of rotatable bonds is 2. The zero-order chi connectivity index (χ0) is 11.1. The molecular weight excluding hydrogens is 205 g/mol. The zero-order valence-electron chi connectivity index (χ0n) is 8.48. The van der Waals surface area contributed by atoms with Crippen molar-refractivity contribution >= 4 is 0 Å². The molecule has 2 aliphatic rings. The highest BCUT2D eigenvalue weighted by Crippen LogP contribution is 2.35. The van der Waals surface area contributed by atoms with Crippen molar-refractivity contribution in [3.05, 3.63) is 11.6 Å². The minimum Gasteiger partial charge on any atom is -0.324 e. The van der Waals surface area contributed by atoms with Gasteiger partial charge in [-0.05, 0) is 19.3 Å². The van der Waals surface area contributed by atoms with Crippen molar-refractivity contribution in [1.29, 1.82) is 0 Å². The van der Waals surface area contributed by atoms with E-state index >= 15 is 0 Å². The molecule has 5 heteroatoms. The summed E-state index contributed by atoms with van der Waals surface area (Å²) < 4.78 is 36.9. The number of alkyl halides is 3. The topological polar surface area (TPSA) is 29.3 Å². The Kier molecular flexibility index (Phi) is 2.55. The van der Waals surface area contributed by atoms with Gasteiger partial charge in [0.05, 0.1) is 0 Å². The zero-order valence-corrected chi connectivity index (χ0v) is 8.48. The summed E-state index contributed by atoms with van der Waals surface area (Å²) in [4.78, 5) is 2.00. The van der Waals surface area contributed by atoms with Gasteiger partial charge < -0.3 is 5.73 Å². The first-order valence-corrected chi connectivity index (χ1v) is 5.17. The molecule has 0 aromatic rings. The van der Waals surface area contributed by atoms with Gasteiger partial charge in [-0.25, -0.2) is 0 Å². The summed E-state index contributed by atoms with van der Waals surface area (Å²) in [6.07, 6.45) is -0.764. The van der Waals surface area contributed by atoms with Gasteiger partial charge in [0.2, 0.25) is 0 Å². The van der Waals surface area contributed by atoms with Crippen LogP contribution in [-0.4, -0.2) is 36.2 Å². The molecule has 86 valence electrons. The van der Waals surface area contributed by atoms with Crippen LogP contribution >= 0.6 is 0 Å². The van der Waals surface area contributed by atoms with E-state index in [-0.39, 0.29) is 17.5 Å². The highest BCUT2D eigenvalue weighted by Gasteiger charge is 2.41. The summed E-state index contributed by atoms with van der Waals surface area (Å²) in [5, 5.41) is 0. The third-order valence-electron chi connectivity index (χ3n) is 3.09. The molecule has 2 rings (SSSR count). The van der Waals surface area contributed by atoms with Crippen LogP contribution in [0.15, 0.2) is 11.6 Å². The maximum atomic E-state index is 12.3. The minimum atomic E-state index is -4.15. The molecule has 0 unspecified atom stereocenters. The Bertz CT molecular complexity index is 279. The van der Waals surface area contributed by atoms with E-state index in [1.807, 2.05) is 4.90 Å². The number of halogens is 3. The van der Waals surface area contributed by atoms with E-state index in [9.17, 15) is 13.2 Å². The lowest BCUT2D eigenvalue weighted by molar-refractivity contribution is -0.0960. The molecule has 1 saturated carbocycles. The molecule has 0 amide bonds. The third kappa shape index (κ3) is 2.72. The molecule has 0 bridgehead atoms. The quantitative estimate of drug-likeness (QED) is 0.717. The van der Waals surface area contributed by atoms with Crippen LogP contribution in [0, 0.1) is 0 Å². The molecular formula is C10H15F3N2. The van der Waals surface area contributed by atoms with E-state index in [0.717, 1.165) is 19.4 Å². The standard InChI is InChI=1S/C10H15F3N2/c11-10(12,13)8-1-5-15(6-2-8)7-9(14)3-4-9/h1H,2-7,14H2.